The van der Waals surface area contributed by atoms with E-state index in [1.54, 1.807) is 0 Å². The van der Waals surface area contributed by atoms with Crippen LogP contribution in [0.25, 0.3) is 105 Å². The molecule has 0 atom stereocenters. The molecule has 0 radical (unpaired) electrons. The third kappa shape index (κ3) is 5.34. The molecule has 0 aliphatic rings. The summed E-state index contributed by atoms with van der Waals surface area (Å²) in [5, 5.41) is 25.8. The zero-order valence-electron chi connectivity index (χ0n) is 31.9. The number of hydrogen-bond donors (Lipinski definition) is 0. The van der Waals surface area contributed by atoms with Gasteiger partial charge in [0.1, 0.15) is 0 Å². The number of nitriles is 2. The Morgan fingerprint density at radius 1 is 0.322 bits per heavy atom. The average molecular weight is 748 g/mol. The van der Waals surface area contributed by atoms with Gasteiger partial charge in [0.2, 0.25) is 0 Å². The standard InChI is InChI=1S/C56H33N3/c57-34-36-30-48(52-42(38-16-5-1-6-17-38)24-13-25-43(52)39-18-7-2-8-19-39)54-46-28-15-29-47-55-49(31-37(35-58)33-51(55)59(56(46)47)50(54)32-36)53-44(40-20-9-3-10-21-40)26-14-27-45(53)41-22-11-4-12-23-41/h1-33H. The normalized spacial score (nSPS) is 11.4. The molecule has 0 aliphatic carbocycles. The summed E-state index contributed by atoms with van der Waals surface area (Å²) in [7, 11) is 0. The van der Waals surface area contributed by atoms with E-state index in [-0.39, 0.29) is 0 Å². The highest BCUT2D eigenvalue weighted by molar-refractivity contribution is 6.29. The molecule has 3 nitrogen and oxygen atoms in total. The Labute approximate surface area is 341 Å². The summed E-state index contributed by atoms with van der Waals surface area (Å²) in [6, 6.07) is 74.8. The molecule has 11 aromatic rings. The van der Waals surface area contributed by atoms with Gasteiger partial charge in [0.25, 0.3) is 0 Å². The van der Waals surface area contributed by atoms with Crippen molar-refractivity contribution in [2.75, 3.05) is 0 Å². The molecule has 9 aromatic carbocycles. The van der Waals surface area contributed by atoms with Gasteiger partial charge in [-0.05, 0) is 91.0 Å². The molecule has 0 unspecified atom stereocenters. The summed E-state index contributed by atoms with van der Waals surface area (Å²) >= 11 is 0. The molecule has 11 rings (SSSR count). The van der Waals surface area contributed by atoms with Crippen LogP contribution in [-0.4, -0.2) is 4.40 Å². The zero-order chi connectivity index (χ0) is 39.5. The second-order valence-corrected chi connectivity index (χ2v) is 15.0. The van der Waals surface area contributed by atoms with Gasteiger partial charge in [-0.15, -0.1) is 0 Å². The van der Waals surface area contributed by atoms with Crippen LogP contribution < -0.4 is 0 Å². The first kappa shape index (κ1) is 34.0. The molecule has 2 aromatic heterocycles. The van der Waals surface area contributed by atoms with Gasteiger partial charge in [0, 0.05) is 21.5 Å². The number of hydrogen-bond acceptors (Lipinski definition) is 2. The van der Waals surface area contributed by atoms with Crippen LogP contribution in [0.3, 0.4) is 0 Å². The summed E-state index contributed by atoms with van der Waals surface area (Å²) in [5.74, 6) is 0. The quantitative estimate of drug-likeness (QED) is 0.170. The van der Waals surface area contributed by atoms with Crippen LogP contribution in [0.15, 0.2) is 200 Å². The second-order valence-electron chi connectivity index (χ2n) is 15.0. The number of benzene rings is 9. The lowest BCUT2D eigenvalue weighted by Crippen LogP contribution is -1.94. The third-order valence-corrected chi connectivity index (χ3v) is 11.8. The van der Waals surface area contributed by atoms with Gasteiger partial charge in [-0.2, -0.15) is 10.5 Å². The van der Waals surface area contributed by atoms with Gasteiger partial charge < -0.3 is 4.40 Å². The minimum Gasteiger partial charge on any atom is -0.308 e. The molecular formula is C56H33N3. The Hall–Kier alpha value is -8.24. The summed E-state index contributed by atoms with van der Waals surface area (Å²) < 4.78 is 2.31. The van der Waals surface area contributed by atoms with Crippen molar-refractivity contribution in [3.05, 3.63) is 211 Å². The number of para-hydroxylation sites is 1. The van der Waals surface area contributed by atoms with Crippen molar-refractivity contribution < 1.29 is 0 Å². The third-order valence-electron chi connectivity index (χ3n) is 11.8. The lowest BCUT2D eigenvalue weighted by Gasteiger charge is -2.19. The summed E-state index contributed by atoms with van der Waals surface area (Å²) in [5.41, 5.74) is 17.0. The first-order valence-corrected chi connectivity index (χ1v) is 19.8. The molecule has 0 amide bonds. The minimum atomic E-state index is 0.570. The van der Waals surface area contributed by atoms with Crippen LogP contribution in [0.1, 0.15) is 11.1 Å². The van der Waals surface area contributed by atoms with Gasteiger partial charge in [-0.1, -0.05) is 176 Å². The van der Waals surface area contributed by atoms with Gasteiger partial charge >= 0.3 is 0 Å². The predicted octanol–water partition coefficient (Wildman–Crippen LogP) is 14.6. The molecule has 0 fully saturated rings. The molecule has 0 spiro atoms. The van der Waals surface area contributed by atoms with Gasteiger partial charge in [0.15, 0.2) is 0 Å². The number of aromatic nitrogens is 1. The Balaban J connectivity index is 1.30. The fourth-order valence-electron chi connectivity index (χ4n) is 9.37. The molecule has 0 saturated heterocycles. The average Bonchev–Trinajstić information content (AvgIpc) is 3.84. The largest absolute Gasteiger partial charge is 0.308 e. The van der Waals surface area contributed by atoms with E-state index in [0.29, 0.717) is 11.1 Å². The fourth-order valence-corrected chi connectivity index (χ4v) is 9.37. The van der Waals surface area contributed by atoms with Crippen LogP contribution >= 0.6 is 0 Å². The Kier molecular flexibility index (Phi) is 7.93. The maximum atomic E-state index is 10.7. The highest BCUT2D eigenvalue weighted by Crippen LogP contribution is 2.51. The Morgan fingerprint density at radius 2 is 0.644 bits per heavy atom. The van der Waals surface area contributed by atoms with Crippen LogP contribution in [0.4, 0.5) is 0 Å². The van der Waals surface area contributed by atoms with Crippen molar-refractivity contribution in [1.29, 1.82) is 10.5 Å². The molecule has 3 heteroatoms. The van der Waals surface area contributed by atoms with Crippen molar-refractivity contribution in [2.24, 2.45) is 0 Å². The zero-order valence-corrected chi connectivity index (χ0v) is 31.9. The minimum absolute atomic E-state index is 0.570. The fraction of sp³-hybridized carbons (Fsp3) is 0. The number of nitrogens with zero attached hydrogens (tertiary/aromatic N) is 3. The monoisotopic (exact) mass is 747 g/mol. The lowest BCUT2D eigenvalue weighted by molar-refractivity contribution is 1.36. The van der Waals surface area contributed by atoms with Crippen molar-refractivity contribution in [3.63, 3.8) is 0 Å². The molecule has 0 aliphatic heterocycles. The van der Waals surface area contributed by atoms with E-state index in [0.717, 1.165) is 105 Å². The molecule has 0 saturated carbocycles. The van der Waals surface area contributed by atoms with Crippen LogP contribution in [0.2, 0.25) is 0 Å². The molecule has 272 valence electrons. The van der Waals surface area contributed by atoms with Crippen LogP contribution in [0, 0.1) is 22.7 Å². The first-order chi connectivity index (χ1) is 29.2. The SMILES string of the molecule is N#Cc1cc(-c2c(-c3ccccc3)cccc2-c2ccccc2)c2c3cccc4c5c(-c6c(-c7ccccc7)cccc6-c6ccccc6)cc(C#N)cc5n(c2c1)c34. The van der Waals surface area contributed by atoms with E-state index in [1.807, 2.05) is 36.4 Å². The van der Waals surface area contributed by atoms with Gasteiger partial charge in [-0.3, -0.25) is 0 Å². The Bertz CT molecular complexity index is 3130. The van der Waals surface area contributed by atoms with E-state index in [4.69, 9.17) is 0 Å². The number of rotatable bonds is 6. The summed E-state index contributed by atoms with van der Waals surface area (Å²) in [6.07, 6.45) is 0. The van der Waals surface area contributed by atoms with Crippen LogP contribution in [-0.2, 0) is 0 Å². The van der Waals surface area contributed by atoms with Crippen molar-refractivity contribution in [1.82, 2.24) is 4.40 Å². The van der Waals surface area contributed by atoms with Crippen molar-refractivity contribution in [2.45, 2.75) is 0 Å². The lowest BCUT2D eigenvalue weighted by atomic mass is 9.84. The topological polar surface area (TPSA) is 52.0 Å². The predicted molar refractivity (Wildman–Crippen MR) is 243 cm³/mol. The van der Waals surface area contributed by atoms with E-state index in [9.17, 15) is 10.5 Å². The smallest absolute Gasteiger partial charge is 0.0992 e. The van der Waals surface area contributed by atoms with Crippen molar-refractivity contribution >= 4 is 38.1 Å². The summed E-state index contributed by atoms with van der Waals surface area (Å²) in [4.78, 5) is 0. The van der Waals surface area contributed by atoms with Gasteiger partial charge in [0.05, 0.1) is 39.8 Å². The first-order valence-electron chi connectivity index (χ1n) is 19.8. The molecule has 2 heterocycles. The Morgan fingerprint density at radius 3 is 0.966 bits per heavy atom. The van der Waals surface area contributed by atoms with Crippen molar-refractivity contribution in [3.8, 4) is 78.9 Å². The molecule has 59 heavy (non-hydrogen) atoms. The highest BCUT2D eigenvalue weighted by atomic mass is 14.9. The van der Waals surface area contributed by atoms with E-state index in [2.05, 4.69) is 180 Å². The number of fused-ring (bicyclic) bond motifs is 6. The summed E-state index contributed by atoms with van der Waals surface area (Å²) in [6.45, 7) is 0. The molecule has 0 N–H and O–H groups in total. The van der Waals surface area contributed by atoms with E-state index >= 15 is 0 Å². The highest BCUT2D eigenvalue weighted by Gasteiger charge is 2.27. The maximum Gasteiger partial charge on any atom is 0.0992 e. The van der Waals surface area contributed by atoms with E-state index < -0.39 is 0 Å². The molecular weight excluding hydrogens is 715 g/mol. The van der Waals surface area contributed by atoms with Crippen LogP contribution in [0.5, 0.6) is 0 Å². The van der Waals surface area contributed by atoms with Gasteiger partial charge in [-0.25, -0.2) is 0 Å². The second kappa shape index (κ2) is 13.7. The maximum absolute atomic E-state index is 10.7. The van der Waals surface area contributed by atoms with E-state index in [1.165, 1.54) is 0 Å². The molecule has 0 bridgehead atoms.